The summed E-state index contributed by atoms with van der Waals surface area (Å²) in [5, 5.41) is 11.7. The Morgan fingerprint density at radius 2 is 1.97 bits per heavy atom. The van der Waals surface area contributed by atoms with Gasteiger partial charge >= 0.3 is 11.7 Å². The van der Waals surface area contributed by atoms with E-state index >= 15 is 0 Å². The fourth-order valence-corrected chi connectivity index (χ4v) is 4.19. The molecular weight excluding hydrogens is 443 g/mol. The number of fused-ring (bicyclic) bond motifs is 1. The van der Waals surface area contributed by atoms with Gasteiger partial charge in [0.2, 0.25) is 5.82 Å². The van der Waals surface area contributed by atoms with Crippen molar-refractivity contribution in [2.75, 3.05) is 6.61 Å². The third-order valence-electron chi connectivity index (χ3n) is 5.98. The molecule has 1 aliphatic rings. The van der Waals surface area contributed by atoms with Crippen molar-refractivity contribution in [1.29, 1.82) is 0 Å². The van der Waals surface area contributed by atoms with Crippen molar-refractivity contribution in [1.82, 2.24) is 4.57 Å². The van der Waals surface area contributed by atoms with Gasteiger partial charge in [-0.2, -0.15) is 4.39 Å². The highest BCUT2D eigenvalue weighted by molar-refractivity contribution is 5.88. The molecule has 0 bridgehead atoms. The van der Waals surface area contributed by atoms with Crippen molar-refractivity contribution in [3.05, 3.63) is 75.7 Å². The number of ether oxygens (including phenoxy) is 3. The number of nitro groups is 1. The van der Waals surface area contributed by atoms with Crippen LogP contribution < -0.4 is 0 Å². The number of hydrogen-bond acceptors (Lipinski definition) is 6. The maximum absolute atomic E-state index is 14.6. The van der Waals surface area contributed by atoms with Gasteiger partial charge in [-0.15, -0.1) is 0 Å². The first-order valence-corrected chi connectivity index (χ1v) is 11.0. The first-order chi connectivity index (χ1) is 16.0. The van der Waals surface area contributed by atoms with Crippen molar-refractivity contribution in [3.63, 3.8) is 0 Å². The van der Waals surface area contributed by atoms with Crippen molar-refractivity contribution in [3.8, 4) is 0 Å². The van der Waals surface area contributed by atoms with Crippen LogP contribution in [0.15, 0.2) is 48.5 Å². The lowest BCUT2D eigenvalue weighted by molar-refractivity contribution is -0.387. The largest absolute Gasteiger partial charge is 0.460 e. The summed E-state index contributed by atoms with van der Waals surface area (Å²) in [6, 6.07) is 13.3. The molecule has 0 spiro atoms. The van der Waals surface area contributed by atoms with Crippen LogP contribution in [0.3, 0.4) is 0 Å². The molecule has 180 valence electrons. The average Bonchev–Trinajstić information content (AvgIpc) is 3.31. The molecule has 4 rings (SSSR count). The summed E-state index contributed by atoms with van der Waals surface area (Å²) in [6.45, 7) is 7.73. The molecule has 8 nitrogen and oxygen atoms in total. The SMILES string of the molecule is CC1(C)OC[C@H](Cn2c(C(C)(C)C(=O)OCc3ccccc3)cc3cc([N+](=O)[O-])c(F)cc32)O1. The van der Waals surface area contributed by atoms with Gasteiger partial charge in [-0.25, -0.2) is 0 Å². The molecule has 0 aliphatic carbocycles. The lowest BCUT2D eigenvalue weighted by atomic mass is 9.89. The molecule has 1 atom stereocenters. The third-order valence-corrected chi connectivity index (χ3v) is 5.98. The van der Waals surface area contributed by atoms with Crippen LogP contribution in [0.5, 0.6) is 0 Å². The molecule has 1 fully saturated rings. The topological polar surface area (TPSA) is 92.8 Å². The van der Waals surface area contributed by atoms with E-state index in [0.717, 1.165) is 11.6 Å². The second-order valence-corrected chi connectivity index (χ2v) is 9.40. The molecule has 2 aromatic carbocycles. The van der Waals surface area contributed by atoms with Crippen LogP contribution in [0.1, 0.15) is 39.0 Å². The van der Waals surface area contributed by atoms with Gasteiger partial charge in [-0.3, -0.25) is 14.9 Å². The molecule has 0 N–H and O–H groups in total. The van der Waals surface area contributed by atoms with Crippen molar-refractivity contribution in [2.24, 2.45) is 0 Å². The minimum atomic E-state index is -1.13. The smallest absolute Gasteiger partial charge is 0.317 e. The monoisotopic (exact) mass is 470 g/mol. The molecule has 3 aromatic rings. The maximum Gasteiger partial charge on any atom is 0.317 e. The molecule has 34 heavy (non-hydrogen) atoms. The van der Waals surface area contributed by atoms with E-state index < -0.39 is 33.6 Å². The van der Waals surface area contributed by atoms with Crippen LogP contribution in [-0.2, 0) is 37.6 Å². The van der Waals surface area contributed by atoms with Gasteiger partial charge in [0.25, 0.3) is 0 Å². The number of benzene rings is 2. The maximum atomic E-state index is 14.6. The summed E-state index contributed by atoms with van der Waals surface area (Å²) in [5.41, 5.74) is 0.0589. The summed E-state index contributed by atoms with van der Waals surface area (Å²) in [4.78, 5) is 23.7. The van der Waals surface area contributed by atoms with Crippen LogP contribution in [0, 0.1) is 15.9 Å². The number of rotatable bonds is 7. The quantitative estimate of drug-likeness (QED) is 0.278. The van der Waals surface area contributed by atoms with Crippen LogP contribution in [-0.4, -0.2) is 34.0 Å². The summed E-state index contributed by atoms with van der Waals surface area (Å²) in [5.74, 6) is -2.18. The molecule has 0 saturated carbocycles. The predicted molar refractivity (Wildman–Crippen MR) is 123 cm³/mol. The number of halogens is 1. The highest BCUT2D eigenvalue weighted by Crippen LogP contribution is 2.35. The number of carbonyl (C=O) groups excluding carboxylic acids is 1. The predicted octanol–water partition coefficient (Wildman–Crippen LogP) is 4.86. The zero-order valence-corrected chi connectivity index (χ0v) is 19.5. The molecule has 2 heterocycles. The average molecular weight is 470 g/mol. The zero-order chi connectivity index (χ0) is 24.7. The number of nitro benzene ring substituents is 1. The third kappa shape index (κ3) is 4.67. The lowest BCUT2D eigenvalue weighted by Crippen LogP contribution is -2.35. The molecular formula is C25H27FN2O6. The fraction of sp³-hybridized carbons (Fsp3) is 0.400. The highest BCUT2D eigenvalue weighted by atomic mass is 19.1. The molecule has 1 saturated heterocycles. The summed E-state index contributed by atoms with van der Waals surface area (Å²) in [7, 11) is 0. The van der Waals surface area contributed by atoms with Gasteiger partial charge in [0.05, 0.1) is 23.6 Å². The molecule has 0 radical (unpaired) electrons. The van der Waals surface area contributed by atoms with Gasteiger partial charge in [-0.05, 0) is 39.3 Å². The van der Waals surface area contributed by atoms with Crippen molar-refractivity contribution >= 4 is 22.6 Å². The first-order valence-electron chi connectivity index (χ1n) is 11.0. The summed E-state index contributed by atoms with van der Waals surface area (Å²) < 4.78 is 33.5. The van der Waals surface area contributed by atoms with E-state index in [1.807, 2.05) is 30.3 Å². The molecule has 1 aromatic heterocycles. The molecule has 1 aliphatic heterocycles. The van der Waals surface area contributed by atoms with Crippen LogP contribution >= 0.6 is 0 Å². The molecule has 9 heteroatoms. The van der Waals surface area contributed by atoms with Crippen LogP contribution in [0.4, 0.5) is 10.1 Å². The van der Waals surface area contributed by atoms with E-state index in [-0.39, 0.29) is 19.3 Å². The Hall–Kier alpha value is -3.30. The number of carbonyl (C=O) groups is 1. The first kappa shape index (κ1) is 23.8. The molecule has 0 unspecified atom stereocenters. The fourth-order valence-electron chi connectivity index (χ4n) is 4.19. The number of esters is 1. The zero-order valence-electron chi connectivity index (χ0n) is 19.5. The number of hydrogen-bond donors (Lipinski definition) is 0. The number of aromatic nitrogens is 1. The van der Waals surface area contributed by atoms with Crippen LogP contribution in [0.25, 0.3) is 10.9 Å². The van der Waals surface area contributed by atoms with Crippen molar-refractivity contribution in [2.45, 2.75) is 58.2 Å². The van der Waals surface area contributed by atoms with E-state index in [2.05, 4.69) is 0 Å². The lowest BCUT2D eigenvalue weighted by Gasteiger charge is -2.26. The Bertz CT molecular complexity index is 1240. The standard InChI is InChI=1S/C25H27FN2O6/c1-24(2,23(29)32-14-16-8-6-5-7-9-16)22-11-17-10-21(28(30)31)19(26)12-20(17)27(22)13-18-15-33-25(3,4)34-18/h5-12,18H,13-15H2,1-4H3/t18-/m0/s1. The normalized spacial score (nSPS) is 17.7. The van der Waals surface area contributed by atoms with Crippen molar-refractivity contribution < 1.29 is 28.3 Å². The Balaban J connectivity index is 1.73. The van der Waals surface area contributed by atoms with E-state index in [9.17, 15) is 19.3 Å². The summed E-state index contributed by atoms with van der Waals surface area (Å²) in [6.07, 6.45) is -0.348. The van der Waals surface area contributed by atoms with E-state index in [0.29, 0.717) is 23.2 Å². The highest BCUT2D eigenvalue weighted by Gasteiger charge is 2.38. The van der Waals surface area contributed by atoms with Gasteiger partial charge in [0.1, 0.15) is 18.1 Å². The summed E-state index contributed by atoms with van der Waals surface area (Å²) >= 11 is 0. The van der Waals surface area contributed by atoms with Gasteiger partial charge in [-0.1, -0.05) is 30.3 Å². The second-order valence-electron chi connectivity index (χ2n) is 9.40. The second kappa shape index (κ2) is 8.81. The minimum Gasteiger partial charge on any atom is -0.460 e. The molecule has 0 amide bonds. The van der Waals surface area contributed by atoms with Gasteiger partial charge in [0, 0.05) is 23.2 Å². The van der Waals surface area contributed by atoms with Crippen LogP contribution in [0.2, 0.25) is 0 Å². The van der Waals surface area contributed by atoms with Gasteiger partial charge in [0.15, 0.2) is 5.79 Å². The Morgan fingerprint density at radius 1 is 1.26 bits per heavy atom. The van der Waals surface area contributed by atoms with E-state index in [1.165, 1.54) is 6.07 Å². The Kier molecular flexibility index (Phi) is 6.18. The van der Waals surface area contributed by atoms with E-state index in [1.54, 1.807) is 38.3 Å². The number of nitrogens with zero attached hydrogens (tertiary/aromatic N) is 2. The Morgan fingerprint density at radius 3 is 2.59 bits per heavy atom. The minimum absolute atomic E-state index is 0.108. The Labute approximate surface area is 196 Å². The van der Waals surface area contributed by atoms with Gasteiger partial charge < -0.3 is 18.8 Å². The van der Waals surface area contributed by atoms with E-state index in [4.69, 9.17) is 14.2 Å².